The second kappa shape index (κ2) is 10.0. The molecule has 0 aromatic heterocycles. The summed E-state index contributed by atoms with van der Waals surface area (Å²) in [6.07, 6.45) is 0.962. The van der Waals surface area contributed by atoms with Crippen molar-refractivity contribution in [2.45, 2.75) is 63.7 Å². The van der Waals surface area contributed by atoms with Crippen LogP contribution in [0.15, 0.2) is 71.6 Å². The lowest BCUT2D eigenvalue weighted by molar-refractivity contribution is 0.422. The van der Waals surface area contributed by atoms with Crippen molar-refractivity contribution < 1.29 is 5.11 Å². The van der Waals surface area contributed by atoms with Crippen LogP contribution in [0.2, 0.25) is 0 Å². The van der Waals surface area contributed by atoms with Gasteiger partial charge in [-0.05, 0) is 52.6 Å². The van der Waals surface area contributed by atoms with Crippen molar-refractivity contribution in [3.05, 3.63) is 89.0 Å². The summed E-state index contributed by atoms with van der Waals surface area (Å²) in [5.74, 6) is 1.41. The molecule has 2 nitrogen and oxygen atoms in total. The van der Waals surface area contributed by atoms with Crippen LogP contribution in [0.4, 0.5) is 5.69 Å². The Morgan fingerprint density at radius 2 is 1.28 bits per heavy atom. The Morgan fingerprint density at radius 1 is 0.750 bits per heavy atom. The van der Waals surface area contributed by atoms with E-state index in [2.05, 4.69) is 114 Å². The first-order valence-electron chi connectivity index (χ1n) is 11.4. The molecular formula is C29H37NOS. The highest BCUT2D eigenvalue weighted by Crippen LogP contribution is 2.41. The second-order valence-corrected chi connectivity index (χ2v) is 11.7. The Balaban J connectivity index is 1.59. The third kappa shape index (κ3) is 6.56. The molecule has 0 saturated carbocycles. The maximum Gasteiger partial charge on any atom is 0.123 e. The molecule has 3 aromatic carbocycles. The molecule has 0 heterocycles. The summed E-state index contributed by atoms with van der Waals surface area (Å²) in [6.45, 7) is 13.8. The smallest absolute Gasteiger partial charge is 0.123 e. The lowest BCUT2D eigenvalue weighted by Crippen LogP contribution is -2.17. The van der Waals surface area contributed by atoms with Gasteiger partial charge in [0.05, 0.1) is 0 Å². The van der Waals surface area contributed by atoms with Crippen LogP contribution in [-0.4, -0.2) is 17.4 Å². The number of phenols is 1. The number of anilines is 1. The zero-order valence-electron chi connectivity index (χ0n) is 20.3. The molecule has 0 aliphatic rings. The molecule has 32 heavy (non-hydrogen) atoms. The Labute approximate surface area is 198 Å². The maximum absolute atomic E-state index is 10.9. The average Bonchev–Trinajstić information content (AvgIpc) is 2.72. The SMILES string of the molecule is CC(C)(C)c1cc(SCCNc2ccc(Cc3ccccc3)cc2)cc(C(C)(C)C)c1O. The Kier molecular flexibility index (Phi) is 7.61. The number of aromatic hydroxyl groups is 1. The molecule has 0 aliphatic carbocycles. The average molecular weight is 448 g/mol. The van der Waals surface area contributed by atoms with E-state index in [0.29, 0.717) is 5.75 Å². The Hall–Kier alpha value is -2.39. The number of rotatable bonds is 7. The normalized spacial score (nSPS) is 12.1. The van der Waals surface area contributed by atoms with Gasteiger partial charge in [-0.2, -0.15) is 0 Å². The fraction of sp³-hybridized carbons (Fsp3) is 0.379. The van der Waals surface area contributed by atoms with E-state index in [0.717, 1.165) is 35.5 Å². The third-order valence-corrected chi connectivity index (χ3v) is 6.58. The molecule has 0 atom stereocenters. The fourth-order valence-corrected chi connectivity index (χ4v) is 4.61. The minimum Gasteiger partial charge on any atom is -0.507 e. The van der Waals surface area contributed by atoms with Gasteiger partial charge in [0.25, 0.3) is 0 Å². The van der Waals surface area contributed by atoms with E-state index in [9.17, 15) is 5.11 Å². The van der Waals surface area contributed by atoms with Crippen LogP contribution in [0.25, 0.3) is 0 Å². The summed E-state index contributed by atoms with van der Waals surface area (Å²) in [6, 6.07) is 23.6. The minimum atomic E-state index is -0.0968. The largest absolute Gasteiger partial charge is 0.507 e. The van der Waals surface area contributed by atoms with Gasteiger partial charge in [-0.15, -0.1) is 11.8 Å². The van der Waals surface area contributed by atoms with Crippen molar-refractivity contribution in [1.29, 1.82) is 0 Å². The van der Waals surface area contributed by atoms with Crippen molar-refractivity contribution in [2.24, 2.45) is 0 Å². The maximum atomic E-state index is 10.9. The van der Waals surface area contributed by atoms with Crippen LogP contribution in [0.5, 0.6) is 5.75 Å². The van der Waals surface area contributed by atoms with Gasteiger partial charge in [-0.3, -0.25) is 0 Å². The Morgan fingerprint density at radius 3 is 1.81 bits per heavy atom. The van der Waals surface area contributed by atoms with Gasteiger partial charge in [0.2, 0.25) is 0 Å². The lowest BCUT2D eigenvalue weighted by Gasteiger charge is -2.28. The zero-order valence-corrected chi connectivity index (χ0v) is 21.1. The number of benzene rings is 3. The van der Waals surface area contributed by atoms with Gasteiger partial charge in [0, 0.05) is 34.0 Å². The van der Waals surface area contributed by atoms with E-state index < -0.39 is 0 Å². The molecule has 2 N–H and O–H groups in total. The summed E-state index contributed by atoms with van der Waals surface area (Å²) in [4.78, 5) is 1.22. The van der Waals surface area contributed by atoms with E-state index in [4.69, 9.17) is 0 Å². The predicted octanol–water partition coefficient (Wildman–Crippen LogP) is 7.78. The molecule has 0 fully saturated rings. The zero-order chi connectivity index (χ0) is 23.4. The van der Waals surface area contributed by atoms with Crippen LogP contribution >= 0.6 is 11.8 Å². The topological polar surface area (TPSA) is 32.3 Å². The van der Waals surface area contributed by atoms with Gasteiger partial charge < -0.3 is 10.4 Å². The second-order valence-electron chi connectivity index (χ2n) is 10.5. The molecule has 3 heteroatoms. The quantitative estimate of drug-likeness (QED) is 0.286. The molecule has 0 amide bonds. The first-order chi connectivity index (χ1) is 15.0. The molecule has 0 aliphatic heterocycles. The number of thioether (sulfide) groups is 1. The molecular weight excluding hydrogens is 410 g/mol. The lowest BCUT2D eigenvalue weighted by atomic mass is 9.79. The number of phenolic OH excluding ortho intramolecular Hbond substituents is 1. The standard InChI is InChI=1S/C29H37NOS/c1-28(2,3)25-19-24(20-26(27(25)31)29(4,5)6)32-17-16-30-23-14-12-22(13-15-23)18-21-10-8-7-9-11-21/h7-15,19-20,30-31H,16-18H2,1-6H3. The fourth-order valence-electron chi connectivity index (χ4n) is 3.77. The molecule has 170 valence electrons. The van der Waals surface area contributed by atoms with E-state index in [1.165, 1.54) is 16.0 Å². The first kappa shape index (κ1) is 24.3. The molecule has 0 spiro atoms. The summed E-state index contributed by atoms with van der Waals surface area (Å²) in [7, 11) is 0. The van der Waals surface area contributed by atoms with Crippen molar-refractivity contribution in [3.8, 4) is 5.75 Å². The van der Waals surface area contributed by atoms with Crippen molar-refractivity contribution in [2.75, 3.05) is 17.6 Å². The molecule has 3 rings (SSSR count). The number of hydrogen-bond donors (Lipinski definition) is 2. The van der Waals surface area contributed by atoms with E-state index in [1.54, 1.807) is 0 Å². The van der Waals surface area contributed by atoms with Crippen LogP contribution in [0.1, 0.15) is 63.8 Å². The molecule has 0 radical (unpaired) electrons. The predicted molar refractivity (Wildman–Crippen MR) is 140 cm³/mol. The van der Waals surface area contributed by atoms with Crippen LogP contribution in [0.3, 0.4) is 0 Å². The molecule has 0 unspecified atom stereocenters. The van der Waals surface area contributed by atoms with E-state index in [-0.39, 0.29) is 10.8 Å². The van der Waals surface area contributed by atoms with Crippen LogP contribution < -0.4 is 5.32 Å². The van der Waals surface area contributed by atoms with Gasteiger partial charge in [-0.25, -0.2) is 0 Å². The van der Waals surface area contributed by atoms with Crippen LogP contribution in [-0.2, 0) is 17.3 Å². The van der Waals surface area contributed by atoms with Crippen LogP contribution in [0, 0.1) is 0 Å². The highest BCUT2D eigenvalue weighted by molar-refractivity contribution is 7.99. The third-order valence-electron chi connectivity index (χ3n) is 5.60. The van der Waals surface area contributed by atoms with E-state index in [1.807, 2.05) is 11.8 Å². The van der Waals surface area contributed by atoms with Crippen molar-refractivity contribution in [3.63, 3.8) is 0 Å². The Bertz CT molecular complexity index is 977. The van der Waals surface area contributed by atoms with Gasteiger partial charge in [0.1, 0.15) is 5.75 Å². The summed E-state index contributed by atoms with van der Waals surface area (Å²) in [5.41, 5.74) is 5.66. The number of nitrogens with one attached hydrogen (secondary N) is 1. The van der Waals surface area contributed by atoms with Crippen molar-refractivity contribution in [1.82, 2.24) is 0 Å². The first-order valence-corrected chi connectivity index (χ1v) is 12.4. The monoisotopic (exact) mass is 447 g/mol. The van der Waals surface area contributed by atoms with Gasteiger partial charge >= 0.3 is 0 Å². The molecule has 0 saturated heterocycles. The van der Waals surface area contributed by atoms with Gasteiger partial charge in [-0.1, -0.05) is 84.0 Å². The van der Waals surface area contributed by atoms with E-state index >= 15 is 0 Å². The minimum absolute atomic E-state index is 0.0968. The van der Waals surface area contributed by atoms with Crippen molar-refractivity contribution >= 4 is 17.4 Å². The summed E-state index contributed by atoms with van der Waals surface area (Å²) < 4.78 is 0. The summed E-state index contributed by atoms with van der Waals surface area (Å²) in [5, 5.41) is 14.4. The molecule has 0 bridgehead atoms. The number of hydrogen-bond acceptors (Lipinski definition) is 3. The van der Waals surface area contributed by atoms with Gasteiger partial charge in [0.15, 0.2) is 0 Å². The highest BCUT2D eigenvalue weighted by Gasteiger charge is 2.26. The molecule has 3 aromatic rings. The summed E-state index contributed by atoms with van der Waals surface area (Å²) >= 11 is 1.84. The highest BCUT2D eigenvalue weighted by atomic mass is 32.2.